The van der Waals surface area contributed by atoms with Crippen LogP contribution in [0.5, 0.6) is 0 Å². The van der Waals surface area contributed by atoms with Gasteiger partial charge in [-0.3, -0.25) is 0 Å². The van der Waals surface area contributed by atoms with E-state index >= 15 is 0 Å². The number of hydrogen-bond donors (Lipinski definition) is 3. The number of alkyl carbamates (subject to hydrolysis) is 1. The number of aliphatic carboxylic acids is 1. The number of amides is 1. The van der Waals surface area contributed by atoms with Gasteiger partial charge in [0.1, 0.15) is 11.6 Å². The molecule has 3 atom stereocenters. The van der Waals surface area contributed by atoms with Crippen LogP contribution in [0, 0.1) is 5.89 Å². The molecule has 0 aliphatic rings. The van der Waals surface area contributed by atoms with Crippen LogP contribution in [0.1, 0.15) is 39.6 Å². The van der Waals surface area contributed by atoms with Crippen LogP contribution in [0.25, 0.3) is 0 Å². The summed E-state index contributed by atoms with van der Waals surface area (Å²) < 4.78 is 34.4. The molecule has 0 radical (unpaired) electrons. The smallest absolute Gasteiger partial charge is 0.408 e. The summed E-state index contributed by atoms with van der Waals surface area (Å²) >= 11 is 0. The van der Waals surface area contributed by atoms with Crippen LogP contribution in [0.4, 0.5) is 4.79 Å². The first kappa shape index (κ1) is 9.70. The Balaban J connectivity index is 5.18. The number of carboxylic acids is 1. The zero-order chi connectivity index (χ0) is 17.2. The van der Waals surface area contributed by atoms with Crippen molar-refractivity contribution in [1.29, 1.82) is 0 Å². The van der Waals surface area contributed by atoms with Gasteiger partial charge < -0.3 is 20.3 Å². The van der Waals surface area contributed by atoms with Gasteiger partial charge in [0.05, 0.1) is 2.74 Å². The van der Waals surface area contributed by atoms with E-state index in [9.17, 15) is 14.7 Å². The van der Waals surface area contributed by atoms with Crippen LogP contribution >= 0.6 is 0 Å². The summed E-state index contributed by atoms with van der Waals surface area (Å²) in [6.45, 7) is 2.42. The maximum Gasteiger partial charge on any atom is 0.408 e. The Morgan fingerprint density at radius 3 is 2.41 bits per heavy atom. The van der Waals surface area contributed by atoms with Gasteiger partial charge in [0, 0.05) is 9.30 Å². The number of ether oxygens (including phenoxy) is 1. The van der Waals surface area contributed by atoms with Gasteiger partial charge in [0.25, 0.3) is 0 Å². The average Bonchev–Trinajstić information content (AvgIpc) is 2.20. The molecule has 0 rings (SSSR count). The van der Waals surface area contributed by atoms with Crippen LogP contribution < -0.4 is 5.32 Å². The minimum absolute atomic E-state index is 0.872. The molecule has 3 N–H and O–H groups in total. The first-order valence-electron chi connectivity index (χ1n) is 7.04. The summed E-state index contributed by atoms with van der Waals surface area (Å²) in [5, 5.41) is 20.2. The number of carbonyl (C=O) groups excluding carboxylic acids is 1. The molecule has 0 bridgehead atoms. The van der Waals surface area contributed by atoms with Crippen molar-refractivity contribution in [2.75, 3.05) is 6.56 Å². The fourth-order valence-corrected chi connectivity index (χ4v) is 0.896. The van der Waals surface area contributed by atoms with Crippen molar-refractivity contribution in [3.8, 4) is 0 Å². The molecule has 0 aromatic carbocycles. The Hall–Kier alpha value is -1.30. The predicted octanol–water partition coefficient (Wildman–Crippen LogP) is 0.983. The number of carboxylic acid groups (broad SMARTS) is 1. The maximum atomic E-state index is 11.6. The molecule has 0 saturated carbocycles. The SMILES string of the molecule is [2H][C@@H]([C@@H](NC(=O)OC(C)(C)C)C(=O)O)[C@@]([2H])([13CH3])C([2H])([2H])O. The van der Waals surface area contributed by atoms with E-state index < -0.39 is 42.6 Å². The lowest BCUT2D eigenvalue weighted by Crippen LogP contribution is -2.44. The largest absolute Gasteiger partial charge is 0.480 e. The fourth-order valence-electron chi connectivity index (χ4n) is 0.896. The highest BCUT2D eigenvalue weighted by atomic mass is 16.6. The van der Waals surface area contributed by atoms with Gasteiger partial charge in [0.2, 0.25) is 0 Å². The molecule has 0 heterocycles. The zero-order valence-corrected chi connectivity index (χ0v) is 10.3. The summed E-state index contributed by atoms with van der Waals surface area (Å²) in [5.41, 5.74) is -0.888. The molecule has 0 fully saturated rings. The van der Waals surface area contributed by atoms with Crippen molar-refractivity contribution in [3.05, 3.63) is 0 Å². The van der Waals surface area contributed by atoms with Crippen molar-refractivity contribution in [2.45, 2.75) is 45.7 Å². The molecule has 6 nitrogen and oxygen atoms in total. The highest BCUT2D eigenvalue weighted by Gasteiger charge is 2.25. The Morgan fingerprint density at radius 2 is 2.06 bits per heavy atom. The fraction of sp³-hybridized carbons (Fsp3) is 0.818. The molecule has 0 unspecified atom stereocenters. The van der Waals surface area contributed by atoms with E-state index in [0.717, 1.165) is 6.92 Å². The number of carbonyl (C=O) groups is 2. The van der Waals surface area contributed by atoms with Crippen LogP contribution in [0.15, 0.2) is 0 Å². The minimum atomic E-state index is -3.12. The lowest BCUT2D eigenvalue weighted by atomic mass is 10.1. The number of nitrogens with one attached hydrogen (secondary N) is 1. The Morgan fingerprint density at radius 1 is 1.53 bits per heavy atom. The monoisotopic (exact) mass is 252 g/mol. The van der Waals surface area contributed by atoms with Gasteiger partial charge in [-0.2, -0.15) is 0 Å². The molecule has 0 aliphatic heterocycles. The summed E-state index contributed by atoms with van der Waals surface area (Å²) in [6.07, 6.45) is -3.08. The van der Waals surface area contributed by atoms with E-state index in [2.05, 4.69) is 0 Å². The van der Waals surface area contributed by atoms with Crippen LogP contribution in [0.2, 0.25) is 0 Å². The standard InChI is InChI=1S/C11H21NO5/c1-7(6-13)5-8(9(14)15)12-10(16)17-11(2,3)4/h7-8,13H,5-6H2,1-4H3,(H,12,16)(H,14,15)/t7-,8-/m1/s1/i1+1,5D,6D2,7D/t5-,7-,8-. The number of rotatable bonds is 5. The molecular weight excluding hydrogens is 227 g/mol. The maximum absolute atomic E-state index is 11.6. The lowest BCUT2D eigenvalue weighted by Gasteiger charge is -2.22. The highest BCUT2D eigenvalue weighted by molar-refractivity contribution is 5.79. The zero-order valence-electron chi connectivity index (χ0n) is 14.3. The second-order valence-corrected chi connectivity index (χ2v) is 4.42. The molecule has 0 saturated heterocycles. The third kappa shape index (κ3) is 7.57. The second-order valence-electron chi connectivity index (χ2n) is 4.42. The highest BCUT2D eigenvalue weighted by Crippen LogP contribution is 2.09. The number of hydrogen-bond acceptors (Lipinski definition) is 4. The van der Waals surface area contributed by atoms with Crippen LogP contribution in [-0.2, 0) is 9.53 Å². The second kappa shape index (κ2) is 6.44. The minimum Gasteiger partial charge on any atom is -0.480 e. The quantitative estimate of drug-likeness (QED) is 0.634. The van der Waals surface area contributed by atoms with Crippen molar-refractivity contribution < 1.29 is 30.0 Å². The van der Waals surface area contributed by atoms with Gasteiger partial charge in [0.15, 0.2) is 0 Å². The van der Waals surface area contributed by atoms with Crippen molar-refractivity contribution >= 4 is 12.1 Å². The van der Waals surface area contributed by atoms with Gasteiger partial charge >= 0.3 is 12.1 Å². The summed E-state index contributed by atoms with van der Waals surface area (Å²) in [7, 11) is 0. The molecular formula is C11H21NO5. The summed E-state index contributed by atoms with van der Waals surface area (Å²) in [4.78, 5) is 22.7. The van der Waals surface area contributed by atoms with Crippen molar-refractivity contribution in [1.82, 2.24) is 5.32 Å². The van der Waals surface area contributed by atoms with Crippen LogP contribution in [0.3, 0.4) is 0 Å². The van der Waals surface area contributed by atoms with Crippen molar-refractivity contribution in [2.24, 2.45) is 5.89 Å². The molecule has 0 aliphatic carbocycles. The Bertz CT molecular complexity index is 402. The van der Waals surface area contributed by atoms with Gasteiger partial charge in [-0.05, 0) is 33.1 Å². The molecule has 1 amide bonds. The van der Waals surface area contributed by atoms with Gasteiger partial charge in [-0.1, -0.05) is 6.92 Å². The van der Waals surface area contributed by atoms with E-state index in [1.54, 1.807) is 20.8 Å². The predicted molar refractivity (Wildman–Crippen MR) is 61.7 cm³/mol. The average molecular weight is 252 g/mol. The van der Waals surface area contributed by atoms with E-state index in [4.69, 9.17) is 15.3 Å². The first-order valence-corrected chi connectivity index (χ1v) is 4.96. The van der Waals surface area contributed by atoms with E-state index in [-0.39, 0.29) is 0 Å². The van der Waals surface area contributed by atoms with Crippen molar-refractivity contribution in [3.63, 3.8) is 0 Å². The Kier molecular flexibility index (Phi) is 3.67. The molecule has 0 aromatic heterocycles. The van der Waals surface area contributed by atoms with E-state index in [1.165, 1.54) is 0 Å². The van der Waals surface area contributed by atoms with Crippen LogP contribution in [-0.4, -0.2) is 40.5 Å². The normalized spacial score (nSPS) is 22.9. The molecule has 100 valence electrons. The molecule has 17 heavy (non-hydrogen) atoms. The van der Waals surface area contributed by atoms with E-state index in [0.29, 0.717) is 0 Å². The first-order chi connectivity index (χ1) is 9.09. The molecule has 6 heteroatoms. The molecule has 0 aromatic rings. The number of aliphatic hydroxyl groups is 1. The third-order valence-electron chi connectivity index (χ3n) is 1.53. The third-order valence-corrected chi connectivity index (χ3v) is 1.53. The lowest BCUT2D eigenvalue weighted by molar-refractivity contribution is -0.140. The van der Waals surface area contributed by atoms with E-state index in [1.807, 2.05) is 5.32 Å². The van der Waals surface area contributed by atoms with Gasteiger partial charge in [-0.15, -0.1) is 0 Å². The summed E-state index contributed by atoms with van der Waals surface area (Å²) in [5.74, 6) is -4.12. The topological polar surface area (TPSA) is 95.9 Å². The molecule has 0 spiro atoms. The van der Waals surface area contributed by atoms with Gasteiger partial charge in [-0.25, -0.2) is 9.59 Å². The summed E-state index contributed by atoms with van der Waals surface area (Å²) in [6, 6.07) is -1.91. The Labute approximate surface area is 107 Å².